The summed E-state index contributed by atoms with van der Waals surface area (Å²) in [5, 5.41) is 17.8. The van der Waals surface area contributed by atoms with Crippen LogP contribution in [0.25, 0.3) is 0 Å². The molecule has 0 fully saturated rings. The molecule has 2 amide bonds. The first-order chi connectivity index (χ1) is 18.7. The lowest BCUT2D eigenvalue weighted by Gasteiger charge is -2.28. The Bertz CT molecular complexity index is 1340. The molecule has 212 valence electrons. The summed E-state index contributed by atoms with van der Waals surface area (Å²) in [6.07, 6.45) is 2.37. The van der Waals surface area contributed by atoms with Gasteiger partial charge in [0.2, 0.25) is 5.91 Å². The van der Waals surface area contributed by atoms with E-state index in [9.17, 15) is 14.7 Å². The SMILES string of the molecule is CC(C)(C)c1cc(CCC(=O)N/N=C\c2ccc(OCC(=O)Nc3ccccc3I)cc2)cc(C(C)(C)C)c1O. The highest BCUT2D eigenvalue weighted by Gasteiger charge is 2.26. The number of phenolic OH excluding ortho intramolecular Hbond substituents is 1. The van der Waals surface area contributed by atoms with E-state index in [4.69, 9.17) is 4.74 Å². The second-order valence-corrected chi connectivity index (χ2v) is 12.9. The summed E-state index contributed by atoms with van der Waals surface area (Å²) in [6, 6.07) is 18.6. The number of carbonyl (C=O) groups is 2. The zero-order valence-corrected chi connectivity index (χ0v) is 26.1. The number of amides is 2. The molecule has 3 aromatic rings. The average Bonchev–Trinajstić information content (AvgIpc) is 2.87. The molecule has 0 unspecified atom stereocenters. The normalized spacial score (nSPS) is 11.9. The summed E-state index contributed by atoms with van der Waals surface area (Å²) in [5.74, 6) is 0.448. The number of hydrazone groups is 1. The van der Waals surface area contributed by atoms with Crippen LogP contribution in [-0.4, -0.2) is 29.7 Å². The smallest absolute Gasteiger partial charge is 0.262 e. The Morgan fingerprint density at radius 2 is 1.52 bits per heavy atom. The van der Waals surface area contributed by atoms with Crippen LogP contribution in [0.1, 0.15) is 70.2 Å². The van der Waals surface area contributed by atoms with E-state index in [1.165, 1.54) is 0 Å². The van der Waals surface area contributed by atoms with E-state index >= 15 is 0 Å². The predicted molar refractivity (Wildman–Crippen MR) is 169 cm³/mol. The predicted octanol–water partition coefficient (Wildman–Crippen LogP) is 6.69. The number of carbonyl (C=O) groups excluding carboxylic acids is 2. The van der Waals surface area contributed by atoms with Crippen LogP contribution in [0.5, 0.6) is 11.5 Å². The van der Waals surface area contributed by atoms with E-state index < -0.39 is 0 Å². The molecular weight excluding hydrogens is 617 g/mol. The number of benzene rings is 3. The van der Waals surface area contributed by atoms with Gasteiger partial charge in [-0.15, -0.1) is 0 Å². The van der Waals surface area contributed by atoms with E-state index in [0.29, 0.717) is 17.9 Å². The van der Waals surface area contributed by atoms with E-state index in [1.807, 2.05) is 36.4 Å². The Morgan fingerprint density at radius 1 is 0.925 bits per heavy atom. The Kier molecular flexibility index (Phi) is 10.4. The number of phenols is 1. The average molecular weight is 656 g/mol. The molecule has 0 saturated carbocycles. The van der Waals surface area contributed by atoms with E-state index in [1.54, 1.807) is 30.5 Å². The van der Waals surface area contributed by atoms with Crippen molar-refractivity contribution in [3.8, 4) is 11.5 Å². The fourth-order valence-corrected chi connectivity index (χ4v) is 4.54. The second-order valence-electron chi connectivity index (χ2n) is 11.7. The van der Waals surface area contributed by atoms with Crippen LogP contribution in [0.15, 0.2) is 65.8 Å². The van der Waals surface area contributed by atoms with Gasteiger partial charge in [-0.05, 0) is 98.5 Å². The molecule has 0 aliphatic heterocycles. The number of aryl methyl sites for hydroxylation is 1. The Labute approximate surface area is 250 Å². The molecule has 0 aliphatic carbocycles. The summed E-state index contributed by atoms with van der Waals surface area (Å²) in [6.45, 7) is 12.3. The first-order valence-electron chi connectivity index (χ1n) is 13.2. The van der Waals surface area contributed by atoms with Crippen LogP contribution < -0.4 is 15.5 Å². The van der Waals surface area contributed by atoms with Crippen molar-refractivity contribution in [2.45, 2.75) is 65.2 Å². The lowest BCUT2D eigenvalue weighted by atomic mass is 9.78. The minimum atomic E-state index is -0.242. The largest absolute Gasteiger partial charge is 0.507 e. The third-order valence-corrected chi connectivity index (χ3v) is 7.17. The molecule has 0 heterocycles. The van der Waals surface area contributed by atoms with Gasteiger partial charge in [-0.2, -0.15) is 5.10 Å². The first kappa shape index (κ1) is 31.1. The van der Waals surface area contributed by atoms with Crippen molar-refractivity contribution in [3.63, 3.8) is 0 Å². The molecule has 3 N–H and O–H groups in total. The highest BCUT2D eigenvalue weighted by atomic mass is 127. The third-order valence-electron chi connectivity index (χ3n) is 6.23. The molecule has 0 spiro atoms. The van der Waals surface area contributed by atoms with Gasteiger partial charge < -0.3 is 15.2 Å². The summed E-state index contributed by atoms with van der Waals surface area (Å²) in [5.41, 5.74) is 6.44. The fraction of sp³-hybridized carbons (Fsp3) is 0.344. The van der Waals surface area contributed by atoms with Crippen LogP contribution in [0.2, 0.25) is 0 Å². The minimum Gasteiger partial charge on any atom is -0.507 e. The van der Waals surface area contributed by atoms with Crippen molar-refractivity contribution in [1.29, 1.82) is 0 Å². The zero-order valence-electron chi connectivity index (χ0n) is 24.0. The van der Waals surface area contributed by atoms with Gasteiger partial charge in [0.05, 0.1) is 11.9 Å². The van der Waals surface area contributed by atoms with Crippen LogP contribution >= 0.6 is 22.6 Å². The molecule has 0 bridgehead atoms. The summed E-state index contributed by atoms with van der Waals surface area (Å²) in [4.78, 5) is 24.6. The van der Waals surface area contributed by atoms with Gasteiger partial charge in [0.15, 0.2) is 6.61 Å². The molecule has 0 aromatic heterocycles. The number of hydrogen-bond acceptors (Lipinski definition) is 5. The van der Waals surface area contributed by atoms with Crippen LogP contribution in [0.4, 0.5) is 5.69 Å². The number of rotatable bonds is 9. The van der Waals surface area contributed by atoms with Gasteiger partial charge in [0, 0.05) is 9.99 Å². The van der Waals surface area contributed by atoms with Crippen molar-refractivity contribution < 1.29 is 19.4 Å². The lowest BCUT2D eigenvalue weighted by molar-refractivity contribution is -0.121. The first-order valence-corrected chi connectivity index (χ1v) is 14.3. The maximum absolute atomic E-state index is 12.5. The molecule has 0 aliphatic rings. The number of nitrogens with one attached hydrogen (secondary N) is 2. The number of para-hydroxylation sites is 1. The fourth-order valence-electron chi connectivity index (χ4n) is 4.02. The van der Waals surface area contributed by atoms with Crippen molar-refractivity contribution in [1.82, 2.24) is 5.43 Å². The van der Waals surface area contributed by atoms with Crippen molar-refractivity contribution >= 4 is 46.3 Å². The third kappa shape index (κ3) is 9.08. The number of hydrogen-bond donors (Lipinski definition) is 3. The standard InChI is InChI=1S/C32H38IN3O4/c1-31(2,3)24-17-22(18-25(30(24)39)32(4,5)6)13-16-28(37)36-34-19-21-11-14-23(15-12-21)40-20-29(38)35-27-10-8-7-9-26(27)33/h7-12,14-15,17-19,39H,13,16,20H2,1-6H3,(H,35,38)(H,36,37)/b34-19-. The molecule has 8 heteroatoms. The molecule has 0 atom stereocenters. The maximum Gasteiger partial charge on any atom is 0.262 e. The quantitative estimate of drug-likeness (QED) is 0.136. The summed E-state index contributed by atoms with van der Waals surface area (Å²) in [7, 11) is 0. The van der Waals surface area contributed by atoms with Gasteiger partial charge >= 0.3 is 0 Å². The molecule has 7 nitrogen and oxygen atoms in total. The van der Waals surface area contributed by atoms with Crippen LogP contribution in [-0.2, 0) is 26.8 Å². The van der Waals surface area contributed by atoms with Crippen molar-refractivity contribution in [3.05, 3.63) is 86.5 Å². The van der Waals surface area contributed by atoms with Crippen molar-refractivity contribution in [2.24, 2.45) is 5.10 Å². The molecule has 3 aromatic carbocycles. The Morgan fingerprint density at radius 3 is 2.10 bits per heavy atom. The van der Waals surface area contributed by atoms with Crippen molar-refractivity contribution in [2.75, 3.05) is 11.9 Å². The van der Waals surface area contributed by atoms with Gasteiger partial charge in [0.1, 0.15) is 11.5 Å². The lowest BCUT2D eigenvalue weighted by Crippen LogP contribution is -2.20. The second kappa shape index (κ2) is 13.3. The Balaban J connectivity index is 1.50. The van der Waals surface area contributed by atoms with Gasteiger partial charge in [0.25, 0.3) is 5.91 Å². The van der Waals surface area contributed by atoms with Gasteiger partial charge in [-0.3, -0.25) is 9.59 Å². The molecule has 0 saturated heterocycles. The molecule has 40 heavy (non-hydrogen) atoms. The highest BCUT2D eigenvalue weighted by Crippen LogP contribution is 2.40. The number of ether oxygens (including phenoxy) is 1. The number of anilines is 1. The van der Waals surface area contributed by atoms with E-state index in [0.717, 1.165) is 31.5 Å². The molecular formula is C32H38IN3O4. The summed E-state index contributed by atoms with van der Waals surface area (Å²) < 4.78 is 6.53. The van der Waals surface area contributed by atoms with E-state index in [2.05, 4.69) is 80.0 Å². The summed E-state index contributed by atoms with van der Waals surface area (Å²) >= 11 is 2.16. The monoisotopic (exact) mass is 655 g/mol. The Hall–Kier alpha value is -3.40. The number of halogens is 1. The zero-order chi connectivity index (χ0) is 29.5. The minimum absolute atomic E-state index is 0.107. The molecule has 3 rings (SSSR count). The van der Waals surface area contributed by atoms with Gasteiger partial charge in [-0.1, -0.05) is 65.8 Å². The van der Waals surface area contributed by atoms with Crippen LogP contribution in [0.3, 0.4) is 0 Å². The topological polar surface area (TPSA) is 100 Å². The number of aromatic hydroxyl groups is 1. The highest BCUT2D eigenvalue weighted by molar-refractivity contribution is 14.1. The maximum atomic E-state index is 12.5. The van der Waals surface area contributed by atoms with Crippen LogP contribution in [0, 0.1) is 3.57 Å². The number of nitrogens with zero attached hydrogens (tertiary/aromatic N) is 1. The van der Waals surface area contributed by atoms with Gasteiger partial charge in [-0.25, -0.2) is 5.43 Å². The molecule has 0 radical (unpaired) electrons. The van der Waals surface area contributed by atoms with E-state index in [-0.39, 0.29) is 35.7 Å².